The van der Waals surface area contributed by atoms with Gasteiger partial charge in [0.2, 0.25) is 0 Å². The van der Waals surface area contributed by atoms with Gasteiger partial charge in [-0.1, -0.05) is 19.1 Å². The summed E-state index contributed by atoms with van der Waals surface area (Å²) in [6.45, 7) is 3.30. The maximum absolute atomic E-state index is 11.3. The summed E-state index contributed by atoms with van der Waals surface area (Å²) in [4.78, 5) is 11.3. The van der Waals surface area contributed by atoms with Gasteiger partial charge in [-0.3, -0.25) is 0 Å². The third kappa shape index (κ3) is 3.01. The maximum Gasteiger partial charge on any atom is 0.337 e. The lowest BCUT2D eigenvalue weighted by molar-refractivity contribution is 0.0600. The summed E-state index contributed by atoms with van der Waals surface area (Å²) in [5.41, 5.74) is 1.82. The number of hydrogen-bond donors (Lipinski definition) is 1. The van der Waals surface area contributed by atoms with Crippen molar-refractivity contribution in [2.45, 2.75) is 12.3 Å². The monoisotopic (exact) mass is 251 g/mol. The van der Waals surface area contributed by atoms with Crippen molar-refractivity contribution in [3.63, 3.8) is 0 Å². The zero-order valence-corrected chi connectivity index (χ0v) is 10.9. The molecule has 92 valence electrons. The SMILES string of the molecule is COC(=O)c1ccc(C2NCC(C)CS2)cc1. The van der Waals surface area contributed by atoms with E-state index in [9.17, 15) is 4.79 Å². The Morgan fingerprint density at radius 3 is 2.65 bits per heavy atom. The van der Waals surface area contributed by atoms with Crippen molar-refractivity contribution in [2.24, 2.45) is 5.92 Å². The van der Waals surface area contributed by atoms with Crippen molar-refractivity contribution in [2.75, 3.05) is 19.4 Å². The molecule has 2 atom stereocenters. The van der Waals surface area contributed by atoms with Gasteiger partial charge in [0, 0.05) is 0 Å². The number of carbonyl (C=O) groups excluding carboxylic acids is 1. The zero-order chi connectivity index (χ0) is 12.3. The van der Waals surface area contributed by atoms with E-state index in [1.807, 2.05) is 36.0 Å². The van der Waals surface area contributed by atoms with Gasteiger partial charge < -0.3 is 10.1 Å². The number of esters is 1. The van der Waals surface area contributed by atoms with Gasteiger partial charge in [-0.15, -0.1) is 11.8 Å². The topological polar surface area (TPSA) is 38.3 Å². The first-order valence-electron chi connectivity index (χ1n) is 5.74. The quantitative estimate of drug-likeness (QED) is 0.819. The molecule has 0 saturated carbocycles. The van der Waals surface area contributed by atoms with E-state index in [1.54, 1.807) is 0 Å². The largest absolute Gasteiger partial charge is 0.465 e. The lowest BCUT2D eigenvalue weighted by Crippen LogP contribution is -2.31. The van der Waals surface area contributed by atoms with Gasteiger partial charge in [0.25, 0.3) is 0 Å². The van der Waals surface area contributed by atoms with Gasteiger partial charge in [-0.05, 0) is 35.9 Å². The third-order valence-electron chi connectivity index (χ3n) is 2.83. The van der Waals surface area contributed by atoms with Crippen LogP contribution in [0.15, 0.2) is 24.3 Å². The molecule has 0 aromatic heterocycles. The van der Waals surface area contributed by atoms with Gasteiger partial charge in [0.1, 0.15) is 0 Å². The first-order chi connectivity index (χ1) is 8.20. The molecule has 1 fully saturated rings. The van der Waals surface area contributed by atoms with Crippen LogP contribution >= 0.6 is 11.8 Å². The number of thioether (sulfide) groups is 1. The van der Waals surface area contributed by atoms with Crippen LogP contribution in [0.1, 0.15) is 28.2 Å². The summed E-state index contributed by atoms with van der Waals surface area (Å²) in [5, 5.41) is 3.84. The van der Waals surface area contributed by atoms with Crippen molar-refractivity contribution < 1.29 is 9.53 Å². The van der Waals surface area contributed by atoms with E-state index in [0.717, 1.165) is 12.5 Å². The molecule has 1 aliphatic rings. The molecule has 0 bridgehead atoms. The highest BCUT2D eigenvalue weighted by atomic mass is 32.2. The molecule has 1 N–H and O–H groups in total. The van der Waals surface area contributed by atoms with Crippen LogP contribution in [-0.2, 0) is 4.74 Å². The molecule has 0 spiro atoms. The first-order valence-corrected chi connectivity index (χ1v) is 6.79. The second kappa shape index (κ2) is 5.56. The Morgan fingerprint density at radius 2 is 2.12 bits per heavy atom. The minimum atomic E-state index is -0.283. The summed E-state index contributed by atoms with van der Waals surface area (Å²) in [7, 11) is 1.40. The molecule has 0 aliphatic carbocycles. The van der Waals surface area contributed by atoms with Gasteiger partial charge in [-0.25, -0.2) is 4.79 Å². The van der Waals surface area contributed by atoms with Crippen LogP contribution in [0.4, 0.5) is 0 Å². The Balaban J connectivity index is 2.05. The smallest absolute Gasteiger partial charge is 0.337 e. The van der Waals surface area contributed by atoms with E-state index < -0.39 is 0 Å². The molecule has 2 rings (SSSR count). The Hall–Kier alpha value is -1.00. The fourth-order valence-electron chi connectivity index (χ4n) is 1.81. The Bertz CT molecular complexity index is 383. The second-order valence-electron chi connectivity index (χ2n) is 4.34. The molecular weight excluding hydrogens is 234 g/mol. The first kappa shape index (κ1) is 12.5. The average molecular weight is 251 g/mol. The standard InChI is InChI=1S/C13H17NO2S/c1-9-7-14-12(17-8-9)10-3-5-11(6-4-10)13(15)16-2/h3-6,9,12,14H,7-8H2,1-2H3. The van der Waals surface area contributed by atoms with Crippen molar-refractivity contribution in [1.82, 2.24) is 5.32 Å². The molecule has 1 aromatic carbocycles. The van der Waals surface area contributed by atoms with Crippen molar-refractivity contribution in [3.8, 4) is 0 Å². The summed E-state index contributed by atoms with van der Waals surface area (Å²) < 4.78 is 4.68. The number of nitrogens with one attached hydrogen (secondary N) is 1. The fraction of sp³-hybridized carbons (Fsp3) is 0.462. The van der Waals surface area contributed by atoms with Crippen LogP contribution in [0.2, 0.25) is 0 Å². The molecule has 1 saturated heterocycles. The molecule has 1 aromatic rings. The summed E-state index contributed by atoms with van der Waals surface area (Å²) in [6, 6.07) is 7.63. The maximum atomic E-state index is 11.3. The van der Waals surface area contributed by atoms with E-state index in [1.165, 1.54) is 18.4 Å². The predicted octanol–water partition coefficient (Wildman–Crippen LogP) is 2.44. The van der Waals surface area contributed by atoms with Crippen LogP contribution in [0.5, 0.6) is 0 Å². The molecule has 3 nitrogen and oxygen atoms in total. The number of hydrogen-bond acceptors (Lipinski definition) is 4. The highest BCUT2D eigenvalue weighted by molar-refractivity contribution is 7.99. The van der Waals surface area contributed by atoms with E-state index in [2.05, 4.69) is 17.0 Å². The Labute approximate surface area is 106 Å². The Morgan fingerprint density at radius 1 is 1.41 bits per heavy atom. The average Bonchev–Trinajstić information content (AvgIpc) is 2.39. The lowest BCUT2D eigenvalue weighted by atomic mass is 10.1. The number of carbonyl (C=O) groups is 1. The molecule has 0 radical (unpaired) electrons. The predicted molar refractivity (Wildman–Crippen MR) is 70.1 cm³/mol. The van der Waals surface area contributed by atoms with Crippen molar-refractivity contribution in [3.05, 3.63) is 35.4 Å². The van der Waals surface area contributed by atoms with E-state index in [0.29, 0.717) is 10.9 Å². The van der Waals surface area contributed by atoms with Crippen LogP contribution in [0.3, 0.4) is 0 Å². The van der Waals surface area contributed by atoms with Gasteiger partial charge in [0.15, 0.2) is 0 Å². The number of benzene rings is 1. The summed E-state index contributed by atoms with van der Waals surface area (Å²) in [6.07, 6.45) is 0. The molecule has 2 unspecified atom stereocenters. The molecule has 17 heavy (non-hydrogen) atoms. The Kier molecular flexibility index (Phi) is 4.07. The highest BCUT2D eigenvalue weighted by Crippen LogP contribution is 2.31. The highest BCUT2D eigenvalue weighted by Gasteiger charge is 2.19. The van der Waals surface area contributed by atoms with Crippen LogP contribution in [0, 0.1) is 5.92 Å². The number of rotatable bonds is 2. The number of ether oxygens (including phenoxy) is 1. The molecule has 0 amide bonds. The summed E-state index contributed by atoms with van der Waals surface area (Å²) >= 11 is 1.92. The minimum Gasteiger partial charge on any atom is -0.465 e. The van der Waals surface area contributed by atoms with Crippen LogP contribution < -0.4 is 5.32 Å². The molecule has 1 heterocycles. The normalized spacial score (nSPS) is 24.4. The fourth-order valence-corrected chi connectivity index (χ4v) is 3.01. The van der Waals surface area contributed by atoms with Gasteiger partial charge >= 0.3 is 5.97 Å². The van der Waals surface area contributed by atoms with E-state index in [-0.39, 0.29) is 5.97 Å². The zero-order valence-electron chi connectivity index (χ0n) is 10.1. The van der Waals surface area contributed by atoms with Crippen molar-refractivity contribution in [1.29, 1.82) is 0 Å². The minimum absolute atomic E-state index is 0.283. The van der Waals surface area contributed by atoms with Gasteiger partial charge in [-0.2, -0.15) is 0 Å². The molecule has 1 aliphatic heterocycles. The molecular formula is C13H17NO2S. The van der Waals surface area contributed by atoms with Crippen molar-refractivity contribution >= 4 is 17.7 Å². The van der Waals surface area contributed by atoms with E-state index in [4.69, 9.17) is 0 Å². The molecule has 4 heteroatoms. The van der Waals surface area contributed by atoms with Crippen LogP contribution in [-0.4, -0.2) is 25.4 Å². The van der Waals surface area contributed by atoms with Crippen LogP contribution in [0.25, 0.3) is 0 Å². The third-order valence-corrected chi connectivity index (χ3v) is 4.37. The second-order valence-corrected chi connectivity index (χ2v) is 5.48. The van der Waals surface area contributed by atoms with E-state index >= 15 is 0 Å². The number of methoxy groups -OCH3 is 1. The van der Waals surface area contributed by atoms with Gasteiger partial charge in [0.05, 0.1) is 18.0 Å². The summed E-state index contributed by atoms with van der Waals surface area (Å²) in [5.74, 6) is 1.62. The lowest BCUT2D eigenvalue weighted by Gasteiger charge is -2.27.